The Morgan fingerprint density at radius 2 is 1.75 bits per heavy atom. The first kappa shape index (κ1) is 20.8. The van der Waals surface area contributed by atoms with Crippen LogP contribution in [0.1, 0.15) is 17.2 Å². The second-order valence-corrected chi connectivity index (χ2v) is 8.15. The number of carbonyl (C=O) groups is 2. The van der Waals surface area contributed by atoms with Crippen molar-refractivity contribution in [1.82, 2.24) is 20.4 Å². The summed E-state index contributed by atoms with van der Waals surface area (Å²) < 4.78 is 0. The molecule has 28 heavy (non-hydrogen) atoms. The largest absolute Gasteiger partial charge is 0.346 e. The summed E-state index contributed by atoms with van der Waals surface area (Å²) in [6.45, 7) is 4.57. The van der Waals surface area contributed by atoms with Crippen LogP contribution in [0.5, 0.6) is 0 Å². The summed E-state index contributed by atoms with van der Waals surface area (Å²) in [4.78, 5) is 29.1. The number of hydrogen-bond donors (Lipinski definition) is 2. The number of thiophene rings is 1. The van der Waals surface area contributed by atoms with Crippen molar-refractivity contribution < 1.29 is 9.59 Å². The molecule has 1 fully saturated rings. The fourth-order valence-electron chi connectivity index (χ4n) is 3.19. The minimum atomic E-state index is -0.627. The number of piperazine rings is 1. The predicted octanol–water partition coefficient (Wildman–Crippen LogP) is 2.12. The van der Waals surface area contributed by atoms with Gasteiger partial charge >= 0.3 is 11.8 Å². The molecule has 1 aromatic carbocycles. The number of rotatable bonds is 6. The number of hydrogen-bond acceptors (Lipinski definition) is 5. The van der Waals surface area contributed by atoms with E-state index >= 15 is 0 Å². The first-order chi connectivity index (χ1) is 13.5. The molecule has 0 saturated carbocycles. The Morgan fingerprint density at radius 3 is 2.39 bits per heavy atom. The van der Waals surface area contributed by atoms with Crippen molar-refractivity contribution in [3.05, 3.63) is 57.2 Å². The quantitative estimate of drug-likeness (QED) is 0.702. The Labute approximate surface area is 174 Å². The van der Waals surface area contributed by atoms with Crippen LogP contribution in [-0.2, 0) is 16.1 Å². The van der Waals surface area contributed by atoms with Crippen LogP contribution >= 0.6 is 22.9 Å². The van der Waals surface area contributed by atoms with Gasteiger partial charge in [0.25, 0.3) is 0 Å². The normalized spacial score (nSPS) is 16.5. The molecule has 0 radical (unpaired) electrons. The number of amides is 2. The van der Waals surface area contributed by atoms with Gasteiger partial charge in [-0.2, -0.15) is 11.3 Å². The molecule has 1 aliphatic heterocycles. The van der Waals surface area contributed by atoms with Gasteiger partial charge in [-0.25, -0.2) is 0 Å². The lowest BCUT2D eigenvalue weighted by atomic mass is 10.1. The summed E-state index contributed by atoms with van der Waals surface area (Å²) in [5.41, 5.74) is 2.07. The van der Waals surface area contributed by atoms with Gasteiger partial charge in [-0.3, -0.25) is 14.5 Å². The summed E-state index contributed by atoms with van der Waals surface area (Å²) in [5, 5.41) is 10.2. The highest BCUT2D eigenvalue weighted by Gasteiger charge is 2.25. The molecule has 1 aliphatic rings. The van der Waals surface area contributed by atoms with E-state index in [1.54, 1.807) is 23.5 Å². The Morgan fingerprint density at radius 1 is 1.07 bits per heavy atom. The van der Waals surface area contributed by atoms with Crippen LogP contribution in [0.25, 0.3) is 0 Å². The second kappa shape index (κ2) is 10.0. The molecule has 0 spiro atoms. The average molecular weight is 421 g/mol. The monoisotopic (exact) mass is 420 g/mol. The molecular formula is C20H25ClN4O2S. The van der Waals surface area contributed by atoms with Crippen molar-refractivity contribution in [3.63, 3.8) is 0 Å². The van der Waals surface area contributed by atoms with E-state index in [0.29, 0.717) is 11.6 Å². The topological polar surface area (TPSA) is 64.7 Å². The summed E-state index contributed by atoms with van der Waals surface area (Å²) in [6.07, 6.45) is 0. The van der Waals surface area contributed by atoms with Gasteiger partial charge in [0, 0.05) is 44.3 Å². The van der Waals surface area contributed by atoms with Gasteiger partial charge in [-0.05, 0) is 47.1 Å². The third-order valence-electron chi connectivity index (χ3n) is 4.94. The average Bonchev–Trinajstić information content (AvgIpc) is 3.23. The molecule has 1 saturated heterocycles. The van der Waals surface area contributed by atoms with Gasteiger partial charge in [0.1, 0.15) is 0 Å². The number of likely N-dealkylation sites (N-methyl/N-ethyl adjacent to an activating group) is 1. The van der Waals surface area contributed by atoms with Gasteiger partial charge in [0.15, 0.2) is 0 Å². The zero-order chi connectivity index (χ0) is 19.9. The molecule has 0 aliphatic carbocycles. The summed E-state index contributed by atoms with van der Waals surface area (Å²) in [5.74, 6) is -1.24. The van der Waals surface area contributed by atoms with Crippen molar-refractivity contribution in [2.24, 2.45) is 0 Å². The number of benzene rings is 1. The predicted molar refractivity (Wildman–Crippen MR) is 112 cm³/mol. The van der Waals surface area contributed by atoms with Crippen molar-refractivity contribution in [2.45, 2.75) is 12.6 Å². The highest BCUT2D eigenvalue weighted by molar-refractivity contribution is 7.08. The molecule has 6 nitrogen and oxygen atoms in total. The SMILES string of the molecule is CN1CCN([C@H](CNC(=O)C(=O)NCc2ccc(Cl)cc2)c2ccsc2)CC1. The number of carbonyl (C=O) groups excluding carboxylic acids is 2. The summed E-state index contributed by atoms with van der Waals surface area (Å²) >= 11 is 7.49. The van der Waals surface area contributed by atoms with Gasteiger partial charge in [-0.1, -0.05) is 23.7 Å². The van der Waals surface area contributed by atoms with Crippen LogP contribution in [0.15, 0.2) is 41.1 Å². The van der Waals surface area contributed by atoms with E-state index in [1.807, 2.05) is 17.5 Å². The highest BCUT2D eigenvalue weighted by Crippen LogP contribution is 2.23. The number of halogens is 1. The third kappa shape index (κ3) is 5.78. The first-order valence-corrected chi connectivity index (χ1v) is 10.6. The van der Waals surface area contributed by atoms with Crippen LogP contribution in [-0.4, -0.2) is 61.4 Å². The minimum absolute atomic E-state index is 0.0768. The van der Waals surface area contributed by atoms with Gasteiger partial charge < -0.3 is 15.5 Å². The fourth-order valence-corrected chi connectivity index (χ4v) is 4.02. The maximum absolute atomic E-state index is 12.3. The van der Waals surface area contributed by atoms with Crippen LogP contribution < -0.4 is 10.6 Å². The van der Waals surface area contributed by atoms with E-state index in [1.165, 1.54) is 5.56 Å². The Bertz CT molecular complexity index is 774. The van der Waals surface area contributed by atoms with Gasteiger partial charge in [-0.15, -0.1) is 0 Å². The maximum atomic E-state index is 12.3. The molecule has 2 aromatic rings. The number of nitrogens with one attached hydrogen (secondary N) is 2. The number of nitrogens with zero attached hydrogens (tertiary/aromatic N) is 2. The molecule has 0 bridgehead atoms. The van der Waals surface area contributed by atoms with Crippen molar-refractivity contribution >= 4 is 34.8 Å². The zero-order valence-electron chi connectivity index (χ0n) is 15.9. The molecule has 2 amide bonds. The van der Waals surface area contributed by atoms with Gasteiger partial charge in [0.2, 0.25) is 0 Å². The molecule has 8 heteroatoms. The molecule has 0 unspecified atom stereocenters. The molecule has 1 aromatic heterocycles. The van der Waals surface area contributed by atoms with E-state index < -0.39 is 11.8 Å². The second-order valence-electron chi connectivity index (χ2n) is 6.93. The lowest BCUT2D eigenvalue weighted by molar-refractivity contribution is -0.139. The first-order valence-electron chi connectivity index (χ1n) is 9.28. The highest BCUT2D eigenvalue weighted by atomic mass is 35.5. The zero-order valence-corrected chi connectivity index (χ0v) is 17.4. The summed E-state index contributed by atoms with van der Waals surface area (Å²) in [6, 6.07) is 9.31. The Hall–Kier alpha value is -1.93. The van der Waals surface area contributed by atoms with E-state index in [9.17, 15) is 9.59 Å². The maximum Gasteiger partial charge on any atom is 0.309 e. The fraction of sp³-hybridized carbons (Fsp3) is 0.400. The van der Waals surface area contributed by atoms with E-state index in [4.69, 9.17) is 11.6 Å². The molecule has 2 heterocycles. The lowest BCUT2D eigenvalue weighted by Gasteiger charge is -2.37. The molecule has 2 N–H and O–H groups in total. The van der Waals surface area contributed by atoms with Crippen LogP contribution in [0.2, 0.25) is 5.02 Å². The van der Waals surface area contributed by atoms with E-state index in [2.05, 4.69) is 38.9 Å². The summed E-state index contributed by atoms with van der Waals surface area (Å²) in [7, 11) is 2.11. The molecular weight excluding hydrogens is 396 g/mol. The van der Waals surface area contributed by atoms with Gasteiger partial charge in [0.05, 0.1) is 6.04 Å². The van der Waals surface area contributed by atoms with Crippen LogP contribution in [0.3, 0.4) is 0 Å². The Balaban J connectivity index is 1.52. The third-order valence-corrected chi connectivity index (χ3v) is 5.89. The molecule has 150 valence electrons. The van der Waals surface area contributed by atoms with E-state index in [-0.39, 0.29) is 12.6 Å². The Kier molecular flexibility index (Phi) is 7.44. The van der Waals surface area contributed by atoms with Crippen molar-refractivity contribution in [1.29, 1.82) is 0 Å². The standard InChI is InChI=1S/C20H25ClN4O2S/c1-24-7-9-25(10-8-24)18(16-6-11-28-14-16)13-23-20(27)19(26)22-12-15-2-4-17(21)5-3-15/h2-6,11,14,18H,7-10,12-13H2,1H3,(H,22,26)(H,23,27)/t18-/m1/s1. The molecule has 1 atom stereocenters. The smallest absolute Gasteiger partial charge is 0.309 e. The van der Waals surface area contributed by atoms with Crippen molar-refractivity contribution in [2.75, 3.05) is 39.8 Å². The van der Waals surface area contributed by atoms with Crippen molar-refractivity contribution in [3.8, 4) is 0 Å². The minimum Gasteiger partial charge on any atom is -0.346 e. The lowest BCUT2D eigenvalue weighted by Crippen LogP contribution is -2.49. The van der Waals surface area contributed by atoms with E-state index in [0.717, 1.165) is 31.7 Å². The molecule has 3 rings (SSSR count). The van der Waals surface area contributed by atoms with Crippen LogP contribution in [0, 0.1) is 0 Å². The van der Waals surface area contributed by atoms with Crippen LogP contribution in [0.4, 0.5) is 0 Å².